The summed E-state index contributed by atoms with van der Waals surface area (Å²) in [5.41, 5.74) is 18.8. The zero-order valence-electron chi connectivity index (χ0n) is 66.9. The van der Waals surface area contributed by atoms with Gasteiger partial charge in [-0.3, -0.25) is 4.79 Å². The second-order valence-corrected chi connectivity index (χ2v) is 31.3. The predicted octanol–water partition coefficient (Wildman–Crippen LogP) is -1.49. The van der Waals surface area contributed by atoms with E-state index in [1.54, 1.807) is 6.08 Å². The Kier molecular flexibility index (Phi) is 51.1. The number of rotatable bonds is 49. The Morgan fingerprint density at radius 1 is 0.357 bits per heavy atom. The van der Waals surface area contributed by atoms with Gasteiger partial charge in [0.05, 0.1) is 76.2 Å². The summed E-state index contributed by atoms with van der Waals surface area (Å²) in [5, 5.41) is 214. The Morgan fingerprint density at radius 3 is 1.18 bits per heavy atom. The summed E-state index contributed by atoms with van der Waals surface area (Å²) < 4.78 is 83.3. The molecule has 7 saturated heterocycles. The SMILES string of the molecule is CCCCCCCCCCCCC/C=C/C(O)C(COC1OC(CO)[C@H](O)C(OC2OC(CO)[C@H](OC3OC(CO)[C@H](O)C(OC4OC(CO)[C@H](O[C@@H]5OC(CO)[C@H](O)C(O)C5O[C@@H]5OC(C)[C@H](O)C(O)C5O)C(O[C@H]5OC(C)[C@@H](O)C(O)C5O)C4[NH-])C3O)C(O)C2[NH-])C1O)NC(=O)CCCCCCCCCCCCCCC.[Ac].[Ac]. The number of carbonyl (C=O) groups excluding carboxylic acids is 1. The molecule has 0 aromatic rings. The van der Waals surface area contributed by atoms with E-state index < -0.39 is 267 Å². The predicted molar refractivity (Wildman–Crippen MR) is 395 cm³/mol. The van der Waals surface area contributed by atoms with Crippen molar-refractivity contribution in [3.8, 4) is 0 Å². The van der Waals surface area contributed by atoms with Gasteiger partial charge in [-0.05, 0) is 33.1 Å². The smallest absolute Gasteiger partial charge is 0.220 e. The molecule has 37 atom stereocenters. The first kappa shape index (κ1) is 106. The summed E-state index contributed by atoms with van der Waals surface area (Å²) >= 11 is 0. The molecule has 0 aromatic heterocycles. The molecule has 0 spiro atoms. The van der Waals surface area contributed by atoms with E-state index in [0.717, 1.165) is 51.4 Å². The Hall–Kier alpha value is 0.693. The van der Waals surface area contributed by atoms with Gasteiger partial charge in [0.1, 0.15) is 147 Å². The van der Waals surface area contributed by atoms with Crippen molar-refractivity contribution in [2.45, 2.75) is 422 Å². The molecule has 27 unspecified atom stereocenters. The van der Waals surface area contributed by atoms with E-state index in [0.29, 0.717) is 12.8 Å². The molecule has 1 amide bonds. The molecule has 7 fully saturated rings. The van der Waals surface area contributed by atoms with Crippen molar-refractivity contribution in [2.24, 2.45) is 0 Å². The van der Waals surface area contributed by atoms with Crippen molar-refractivity contribution in [3.63, 3.8) is 0 Å². The van der Waals surface area contributed by atoms with E-state index >= 15 is 0 Å². The minimum absolute atomic E-state index is 0. The molecule has 2 radical (unpaired) electrons. The first-order chi connectivity index (χ1) is 54.2. The van der Waals surface area contributed by atoms with E-state index in [1.165, 1.54) is 110 Å². The number of carbonyl (C=O) groups is 1. The number of nitrogens with one attached hydrogen (secondary N) is 3. The maximum atomic E-state index is 13.6. The first-order valence-electron chi connectivity index (χ1n) is 41.3. The Labute approximate surface area is 746 Å². The average Bonchev–Trinajstić information content (AvgIpc) is 0.764. The van der Waals surface area contributed by atoms with Crippen LogP contribution >= 0.6 is 0 Å². The number of ether oxygens (including phenoxy) is 14. The van der Waals surface area contributed by atoms with Crippen LogP contribution in [0, 0.1) is 88.1 Å². The molecule has 0 aromatic carbocycles. The molecule has 7 rings (SSSR count). The van der Waals surface area contributed by atoms with Gasteiger partial charge in [0.15, 0.2) is 31.5 Å². The second kappa shape index (κ2) is 55.3. The summed E-state index contributed by atoms with van der Waals surface area (Å²) in [4.78, 5) is 13.6. The van der Waals surface area contributed by atoms with Crippen LogP contribution in [0.25, 0.3) is 11.5 Å². The summed E-state index contributed by atoms with van der Waals surface area (Å²) in [7, 11) is 0. The van der Waals surface area contributed by atoms with Gasteiger partial charge in [-0.15, -0.1) is 0 Å². The molecule has 115 heavy (non-hydrogen) atoms. The molecular formula is C76H137Ac2N3O34-2. The molecule has 0 aliphatic carbocycles. The van der Waals surface area contributed by atoms with Crippen molar-refractivity contribution in [1.82, 2.24) is 5.32 Å². The Morgan fingerprint density at radius 2 is 0.713 bits per heavy atom. The maximum Gasteiger partial charge on any atom is 0.220 e. The fourth-order valence-corrected chi connectivity index (χ4v) is 15.3. The fourth-order valence-electron chi connectivity index (χ4n) is 15.3. The van der Waals surface area contributed by atoms with Crippen LogP contribution in [0.2, 0.25) is 0 Å². The number of amides is 1. The van der Waals surface area contributed by atoms with Gasteiger partial charge in [-0.2, -0.15) is 0 Å². The number of unbranched alkanes of at least 4 members (excludes halogenated alkanes) is 23. The van der Waals surface area contributed by atoms with Crippen molar-refractivity contribution in [1.29, 1.82) is 0 Å². The van der Waals surface area contributed by atoms with Crippen LogP contribution in [0.3, 0.4) is 0 Å². The largest absolute Gasteiger partial charge is 0.668 e. The number of hydrogen-bond acceptors (Lipinski definition) is 34. The number of hydrogen-bond donors (Lipinski definition) is 20. The quantitative estimate of drug-likeness (QED) is 0.0244. The molecular weight excluding hydrogens is 1950 g/mol. The van der Waals surface area contributed by atoms with Crippen LogP contribution in [0.15, 0.2) is 12.2 Å². The molecule has 668 valence electrons. The van der Waals surface area contributed by atoms with Gasteiger partial charge >= 0.3 is 0 Å². The Bertz CT molecular complexity index is 2620. The summed E-state index contributed by atoms with van der Waals surface area (Å²) in [6.45, 7) is 1.48. The van der Waals surface area contributed by atoms with E-state index in [2.05, 4.69) is 19.2 Å². The van der Waals surface area contributed by atoms with Gasteiger partial charge in [-0.25, -0.2) is 0 Å². The monoisotopic (exact) mass is 2090 g/mol. The third-order valence-corrected chi connectivity index (χ3v) is 22.5. The topological polar surface area (TPSA) is 590 Å². The molecule has 0 bridgehead atoms. The van der Waals surface area contributed by atoms with Crippen molar-refractivity contribution in [3.05, 3.63) is 23.6 Å². The second-order valence-electron chi connectivity index (χ2n) is 31.3. The van der Waals surface area contributed by atoms with Gasteiger partial charge in [0, 0.05) is 94.5 Å². The van der Waals surface area contributed by atoms with E-state index in [4.69, 9.17) is 72.0 Å². The first-order valence-corrected chi connectivity index (χ1v) is 41.3. The summed E-state index contributed by atoms with van der Waals surface area (Å²) in [6.07, 6.45) is -32.0. The number of aliphatic hydroxyl groups is 19. The molecule has 39 heteroatoms. The fraction of sp³-hybridized carbons (Fsp3) is 0.961. The number of aliphatic hydroxyl groups excluding tert-OH is 19. The van der Waals surface area contributed by atoms with Crippen LogP contribution in [0.1, 0.15) is 195 Å². The van der Waals surface area contributed by atoms with Crippen LogP contribution < -0.4 is 5.32 Å². The third kappa shape index (κ3) is 30.7. The van der Waals surface area contributed by atoms with Crippen molar-refractivity contribution in [2.75, 3.05) is 39.6 Å². The van der Waals surface area contributed by atoms with E-state index in [1.807, 2.05) is 6.08 Å². The maximum absolute atomic E-state index is 13.6. The van der Waals surface area contributed by atoms with Gasteiger partial charge in [0.2, 0.25) is 5.91 Å². The van der Waals surface area contributed by atoms with Crippen LogP contribution in [0.4, 0.5) is 0 Å². The molecule has 0 saturated carbocycles. The molecule has 7 aliphatic heterocycles. The third-order valence-electron chi connectivity index (χ3n) is 22.5. The van der Waals surface area contributed by atoms with Gasteiger partial charge < -0.3 is 180 Å². The standard InChI is InChI=1S/C76H137N3O34.2Ac/c1-5-7-9-11-13-15-17-19-21-23-25-27-29-31-42(85)41(79-48(86)32-30-28-26-24-22-20-18-16-14-12-10-8-6-2)38-100-72-62(98)67(54(90)44(34-81)103-72)111-70-49(77)56(92)64(46(36-83)106-70)108-75-63(99)68(55(91)45(35-82)104-75)112-71-50(78)66(110-73-60(96)57(93)51(87)39(3)101-73)65(47(37-84)107-71)109-76-69(59(95)53(89)43(33-80)105-76)113-74-61(97)58(94)52(88)40(4)102-74;;/h29,31,39-47,49-78,80-85,87-99H,5-28,30,32-38H2,1-4H3,(H,79,86);;/q-2;;/b31-29+;;/t39?,40?,41?,42?,43?,44?,45?,46?,47?,49?,50?,51-,52+,53+,54+,55+,56?,57?,58?,59?,60?,61?,62?,63?,64+,65+,66?,67?,68?,69?,70?,71?,72?,73-,74+,75?,76+;;/m1../s1. The molecule has 37 nitrogen and oxygen atoms in total. The van der Waals surface area contributed by atoms with Gasteiger partial charge in [-0.1, -0.05) is 179 Å². The summed E-state index contributed by atoms with van der Waals surface area (Å²) in [6, 6.07) is -5.19. The van der Waals surface area contributed by atoms with Crippen LogP contribution in [0.5, 0.6) is 0 Å². The number of allylic oxidation sites excluding steroid dienone is 1. The summed E-state index contributed by atoms with van der Waals surface area (Å²) in [5.74, 6) is -0.352. The van der Waals surface area contributed by atoms with Crippen LogP contribution in [-0.2, 0) is 71.1 Å². The zero-order valence-corrected chi connectivity index (χ0v) is 76.4. The normalized spacial score (nSPS) is 40.5. The van der Waals surface area contributed by atoms with Crippen LogP contribution in [-0.4, -0.2) is 370 Å². The van der Waals surface area contributed by atoms with E-state index in [-0.39, 0.29) is 100 Å². The molecule has 7 aliphatic rings. The zero-order chi connectivity index (χ0) is 82.6. The van der Waals surface area contributed by atoms with Gasteiger partial charge in [0.25, 0.3) is 0 Å². The molecule has 22 N–H and O–H groups in total. The van der Waals surface area contributed by atoms with Crippen molar-refractivity contribution < 1.29 is 256 Å². The minimum atomic E-state index is -2.28. The molecule has 7 heterocycles. The minimum Gasteiger partial charge on any atom is -0.668 e. The average molecular weight is 2090 g/mol. The van der Waals surface area contributed by atoms with E-state index in [9.17, 15) is 108 Å². The Balaban J connectivity index is 0.0000118. The van der Waals surface area contributed by atoms with Crippen molar-refractivity contribution >= 4 is 5.91 Å².